The van der Waals surface area contributed by atoms with Crippen molar-refractivity contribution in [2.24, 2.45) is 5.41 Å². The van der Waals surface area contributed by atoms with E-state index >= 15 is 0 Å². The van der Waals surface area contributed by atoms with Crippen LogP contribution in [0.5, 0.6) is 5.75 Å². The molecule has 13 nitrogen and oxygen atoms in total. The number of hydrogen-bond donors (Lipinski definition) is 2. The van der Waals surface area contributed by atoms with E-state index in [9.17, 15) is 24.0 Å². The summed E-state index contributed by atoms with van der Waals surface area (Å²) in [6, 6.07) is 13.1. The summed E-state index contributed by atoms with van der Waals surface area (Å²) < 4.78 is 16.1. The number of nitrogens with zero attached hydrogens (tertiary/aromatic N) is 3. The van der Waals surface area contributed by atoms with Gasteiger partial charge >= 0.3 is 12.1 Å². The van der Waals surface area contributed by atoms with E-state index in [2.05, 4.69) is 15.6 Å². The standard InChI is InChI=1S/C42H57N5O8S/c1-28-35(56-27-44-28)30-16-14-29(15-17-30)25-43-37(49)33-13-12-23-47(33)38(50)36(41(2,3)4)45-34(48)26-46(40(52)55-42(5,6)7)22-10-9-11-24-54-32-20-18-31(19-21-32)39(51)53-8/h14-21,27,33,36H,9-13,22-26H2,1-8H3,(H,43,49)(H,45,48)/t33-,36+/m0/s1. The van der Waals surface area contributed by atoms with Crippen LogP contribution in [0.2, 0.25) is 0 Å². The lowest BCUT2D eigenvalue weighted by molar-refractivity contribution is -0.144. The number of nitrogens with one attached hydrogen (secondary N) is 2. The normalized spacial score (nSPS) is 14.8. The topological polar surface area (TPSA) is 156 Å². The number of carbonyl (C=O) groups excluding carboxylic acids is 5. The van der Waals surface area contributed by atoms with Gasteiger partial charge in [0, 0.05) is 19.6 Å². The van der Waals surface area contributed by atoms with Crippen LogP contribution >= 0.6 is 11.3 Å². The zero-order valence-electron chi connectivity index (χ0n) is 33.9. The molecule has 56 heavy (non-hydrogen) atoms. The monoisotopic (exact) mass is 791 g/mol. The number of thiazole rings is 1. The molecular weight excluding hydrogens is 735 g/mol. The molecule has 4 rings (SSSR count). The van der Waals surface area contributed by atoms with Crippen LogP contribution in [0.15, 0.2) is 54.0 Å². The van der Waals surface area contributed by atoms with Gasteiger partial charge in [-0.1, -0.05) is 45.0 Å². The fraction of sp³-hybridized carbons (Fsp3) is 0.524. The number of likely N-dealkylation sites (tertiary alicyclic amines) is 1. The maximum Gasteiger partial charge on any atom is 0.410 e. The second kappa shape index (κ2) is 19.7. The van der Waals surface area contributed by atoms with E-state index in [4.69, 9.17) is 14.2 Å². The second-order valence-electron chi connectivity index (χ2n) is 16.1. The lowest BCUT2D eigenvalue weighted by Crippen LogP contribution is -2.58. The van der Waals surface area contributed by atoms with Gasteiger partial charge in [-0.15, -0.1) is 11.3 Å². The Kier molecular flexibility index (Phi) is 15.4. The lowest BCUT2D eigenvalue weighted by atomic mass is 9.85. The quantitative estimate of drug-likeness (QED) is 0.122. The smallest absolute Gasteiger partial charge is 0.410 e. The Bertz CT molecular complexity index is 1800. The number of ether oxygens (including phenoxy) is 3. The Morgan fingerprint density at radius 2 is 1.66 bits per heavy atom. The predicted molar refractivity (Wildman–Crippen MR) is 215 cm³/mol. The van der Waals surface area contributed by atoms with Gasteiger partial charge < -0.3 is 29.7 Å². The number of rotatable bonds is 16. The van der Waals surface area contributed by atoms with Gasteiger partial charge in [0.2, 0.25) is 17.7 Å². The van der Waals surface area contributed by atoms with Crippen molar-refractivity contribution in [2.75, 3.05) is 33.4 Å². The molecule has 1 saturated heterocycles. The van der Waals surface area contributed by atoms with Crippen molar-refractivity contribution in [3.05, 3.63) is 70.9 Å². The van der Waals surface area contributed by atoms with Gasteiger partial charge in [0.15, 0.2) is 0 Å². The molecule has 3 aromatic rings. The number of unbranched alkanes of at least 4 members (excludes halogenated alkanes) is 2. The molecule has 14 heteroatoms. The Morgan fingerprint density at radius 1 is 0.964 bits per heavy atom. The largest absolute Gasteiger partial charge is 0.494 e. The SMILES string of the molecule is COC(=O)c1ccc(OCCCCCN(CC(=O)N[C@H](C(=O)N2CCC[C@H]2C(=O)NCc2ccc(-c3scnc3C)cc2)C(C)(C)C)C(=O)OC(C)(C)C)cc1. The minimum absolute atomic E-state index is 0.241. The highest BCUT2D eigenvalue weighted by atomic mass is 32.1. The molecule has 0 bridgehead atoms. The molecule has 2 atom stereocenters. The van der Waals surface area contributed by atoms with Gasteiger partial charge in [-0.2, -0.15) is 0 Å². The van der Waals surface area contributed by atoms with Crippen LogP contribution in [0.1, 0.15) is 95.3 Å². The van der Waals surface area contributed by atoms with Crippen molar-refractivity contribution < 1.29 is 38.2 Å². The average Bonchev–Trinajstić information content (AvgIpc) is 3.82. The summed E-state index contributed by atoms with van der Waals surface area (Å²) in [7, 11) is 1.33. The number of aryl methyl sites for hydroxylation is 1. The van der Waals surface area contributed by atoms with E-state index in [-0.39, 0.29) is 24.9 Å². The van der Waals surface area contributed by atoms with Gasteiger partial charge in [-0.3, -0.25) is 19.3 Å². The minimum Gasteiger partial charge on any atom is -0.494 e. The molecule has 0 spiro atoms. The van der Waals surface area contributed by atoms with Crippen LogP contribution in [-0.4, -0.2) is 95.6 Å². The Labute approximate surface area is 334 Å². The molecule has 1 fully saturated rings. The molecule has 2 heterocycles. The highest BCUT2D eigenvalue weighted by Crippen LogP contribution is 2.28. The highest BCUT2D eigenvalue weighted by Gasteiger charge is 2.42. The molecule has 1 aliphatic heterocycles. The first-order valence-electron chi connectivity index (χ1n) is 19.1. The fourth-order valence-corrected chi connectivity index (χ4v) is 7.11. The summed E-state index contributed by atoms with van der Waals surface area (Å²) in [5.74, 6) is -0.873. The molecule has 0 radical (unpaired) electrons. The Morgan fingerprint density at radius 3 is 2.27 bits per heavy atom. The first-order valence-corrected chi connectivity index (χ1v) is 20.0. The van der Waals surface area contributed by atoms with Crippen molar-refractivity contribution in [1.82, 2.24) is 25.4 Å². The van der Waals surface area contributed by atoms with Gasteiger partial charge in [0.05, 0.1) is 35.4 Å². The summed E-state index contributed by atoms with van der Waals surface area (Å²) >= 11 is 1.59. The number of aromatic nitrogens is 1. The van der Waals surface area contributed by atoms with E-state index in [1.165, 1.54) is 12.0 Å². The van der Waals surface area contributed by atoms with Crippen LogP contribution in [0.4, 0.5) is 4.79 Å². The molecule has 1 aromatic heterocycles. The number of esters is 1. The summed E-state index contributed by atoms with van der Waals surface area (Å²) in [4.78, 5) is 74.4. The van der Waals surface area contributed by atoms with Crippen molar-refractivity contribution in [3.63, 3.8) is 0 Å². The molecule has 1 aliphatic rings. The van der Waals surface area contributed by atoms with E-state index in [1.807, 2.05) is 57.5 Å². The number of carbonyl (C=O) groups is 5. The Balaban J connectivity index is 1.32. The van der Waals surface area contributed by atoms with Gasteiger partial charge in [-0.05, 0) is 101 Å². The van der Waals surface area contributed by atoms with Crippen LogP contribution in [0.3, 0.4) is 0 Å². The predicted octanol–water partition coefficient (Wildman–Crippen LogP) is 6.53. The van der Waals surface area contributed by atoms with Crippen molar-refractivity contribution in [1.29, 1.82) is 0 Å². The van der Waals surface area contributed by atoms with Gasteiger partial charge in [0.1, 0.15) is 30.0 Å². The van der Waals surface area contributed by atoms with Crippen LogP contribution in [0, 0.1) is 12.3 Å². The van der Waals surface area contributed by atoms with Gasteiger partial charge in [0.25, 0.3) is 0 Å². The second-order valence-corrected chi connectivity index (χ2v) is 16.9. The molecule has 304 valence electrons. The fourth-order valence-electron chi connectivity index (χ4n) is 6.30. The molecule has 2 aromatic carbocycles. The third-order valence-electron chi connectivity index (χ3n) is 9.29. The minimum atomic E-state index is -0.939. The first-order chi connectivity index (χ1) is 26.5. The first kappa shape index (κ1) is 43.7. The molecule has 0 unspecified atom stereocenters. The van der Waals surface area contributed by atoms with E-state index in [0.29, 0.717) is 63.1 Å². The van der Waals surface area contributed by atoms with E-state index in [0.717, 1.165) is 21.7 Å². The molecular formula is C42H57N5O8S. The molecule has 2 N–H and O–H groups in total. The maximum atomic E-state index is 14.1. The van der Waals surface area contributed by atoms with E-state index < -0.39 is 41.1 Å². The number of amides is 4. The summed E-state index contributed by atoms with van der Waals surface area (Å²) in [5.41, 5.74) is 3.78. The van der Waals surface area contributed by atoms with Gasteiger partial charge in [-0.25, -0.2) is 14.6 Å². The number of methoxy groups -OCH3 is 1. The zero-order chi connectivity index (χ0) is 41.0. The third kappa shape index (κ3) is 12.8. The van der Waals surface area contributed by atoms with E-state index in [1.54, 1.807) is 61.3 Å². The van der Waals surface area contributed by atoms with Crippen LogP contribution < -0.4 is 15.4 Å². The Hall–Kier alpha value is -4.98. The molecule has 4 amide bonds. The maximum absolute atomic E-state index is 14.1. The summed E-state index contributed by atoms with van der Waals surface area (Å²) in [6.45, 7) is 13.9. The number of benzene rings is 2. The average molecular weight is 792 g/mol. The van der Waals surface area contributed by atoms with Crippen LogP contribution in [-0.2, 0) is 30.4 Å². The van der Waals surface area contributed by atoms with Crippen molar-refractivity contribution in [3.8, 4) is 16.2 Å². The van der Waals surface area contributed by atoms with Crippen LogP contribution in [0.25, 0.3) is 10.4 Å². The number of hydrogen-bond acceptors (Lipinski definition) is 10. The lowest BCUT2D eigenvalue weighted by Gasteiger charge is -2.36. The zero-order valence-corrected chi connectivity index (χ0v) is 34.8. The summed E-state index contributed by atoms with van der Waals surface area (Å²) in [5, 5.41) is 5.90. The third-order valence-corrected chi connectivity index (χ3v) is 10.3. The highest BCUT2D eigenvalue weighted by molar-refractivity contribution is 7.13. The van der Waals surface area contributed by atoms with Crippen molar-refractivity contribution >= 4 is 41.1 Å². The summed E-state index contributed by atoms with van der Waals surface area (Å²) in [6.07, 6.45) is 2.54. The molecule has 0 saturated carbocycles. The molecule has 0 aliphatic carbocycles. The van der Waals surface area contributed by atoms with Crippen molar-refractivity contribution in [2.45, 2.75) is 105 Å².